The van der Waals surface area contributed by atoms with E-state index in [1.807, 2.05) is 0 Å². The lowest BCUT2D eigenvalue weighted by Crippen LogP contribution is -2.07. The number of halogens is 1. The van der Waals surface area contributed by atoms with Crippen molar-refractivity contribution in [1.82, 2.24) is 9.97 Å². The summed E-state index contributed by atoms with van der Waals surface area (Å²) >= 11 is 6.08. The third-order valence-corrected chi connectivity index (χ3v) is 2.76. The highest BCUT2D eigenvalue weighted by atomic mass is 35.5. The van der Waals surface area contributed by atoms with Crippen molar-refractivity contribution >= 4 is 24.2 Å². The Kier molecular flexibility index (Phi) is 3.10. The Balaban J connectivity index is 2.51. The highest BCUT2D eigenvalue weighted by Gasteiger charge is 2.19. The molecule has 4 nitrogen and oxygen atoms in total. The highest BCUT2D eigenvalue weighted by Crippen LogP contribution is 2.26. The van der Waals surface area contributed by atoms with Crippen molar-refractivity contribution in [2.24, 2.45) is 9.98 Å². The first-order chi connectivity index (χ1) is 7.76. The van der Waals surface area contributed by atoms with Crippen LogP contribution in [0.15, 0.2) is 22.8 Å². The second-order valence-corrected chi connectivity index (χ2v) is 3.77. The molecule has 1 aliphatic rings. The predicted molar refractivity (Wildman–Crippen MR) is 65.4 cm³/mol. The van der Waals surface area contributed by atoms with Crippen LogP contribution in [0.4, 0.5) is 0 Å². The van der Waals surface area contributed by atoms with E-state index in [0.29, 0.717) is 16.8 Å². The molecule has 5 heteroatoms. The smallest absolute Gasteiger partial charge is 0.199 e. The maximum absolute atomic E-state index is 6.08. The molecular weight excluding hydrogens is 224 g/mol. The van der Waals surface area contributed by atoms with Crippen molar-refractivity contribution in [2.75, 3.05) is 0 Å². The van der Waals surface area contributed by atoms with Crippen LogP contribution in [0, 0.1) is 0 Å². The summed E-state index contributed by atoms with van der Waals surface area (Å²) in [7, 11) is 0. The minimum Gasteiger partial charge on any atom is -0.242 e. The zero-order chi connectivity index (χ0) is 11.5. The molecule has 0 fully saturated rings. The third-order valence-electron chi connectivity index (χ3n) is 2.45. The minimum absolute atomic E-state index is 0.353. The van der Waals surface area contributed by atoms with E-state index < -0.39 is 0 Å². The Morgan fingerprint density at radius 1 is 1.38 bits per heavy atom. The molecule has 0 amide bonds. The topological polar surface area (TPSA) is 50.5 Å². The van der Waals surface area contributed by atoms with Crippen LogP contribution in [0.25, 0.3) is 0 Å². The fraction of sp³-hybridized carbons (Fsp3) is 0.273. The number of aryl methyl sites for hydroxylation is 1. The van der Waals surface area contributed by atoms with Crippen LogP contribution in [-0.4, -0.2) is 22.5 Å². The Hall–Kier alpha value is -1.55. The number of aromatic nitrogens is 2. The van der Waals surface area contributed by atoms with Gasteiger partial charge < -0.3 is 0 Å². The van der Waals surface area contributed by atoms with Crippen molar-refractivity contribution in [3.8, 4) is 0 Å². The second kappa shape index (κ2) is 4.53. The van der Waals surface area contributed by atoms with Crippen LogP contribution in [0.1, 0.15) is 23.5 Å². The maximum atomic E-state index is 6.08. The van der Waals surface area contributed by atoms with Crippen molar-refractivity contribution in [3.63, 3.8) is 0 Å². The lowest BCUT2D eigenvalue weighted by atomic mass is 10.2. The average Bonchev–Trinajstić information content (AvgIpc) is 2.74. The number of nitrogens with zero attached hydrogens (tertiary/aromatic N) is 4. The van der Waals surface area contributed by atoms with Gasteiger partial charge in [-0.2, -0.15) is 0 Å². The number of hydrogen-bond acceptors (Lipinski definition) is 3. The molecule has 0 spiro atoms. The van der Waals surface area contributed by atoms with Crippen LogP contribution >= 0.6 is 11.6 Å². The average molecular weight is 235 g/mol. The molecule has 0 bridgehead atoms. The van der Waals surface area contributed by atoms with E-state index in [2.05, 4.69) is 33.2 Å². The zero-order valence-electron chi connectivity index (χ0n) is 8.78. The van der Waals surface area contributed by atoms with Crippen molar-refractivity contribution in [2.45, 2.75) is 19.3 Å². The molecule has 0 aromatic carbocycles. The summed E-state index contributed by atoms with van der Waals surface area (Å²) in [5, 5.41) is 0.498. The van der Waals surface area contributed by atoms with Gasteiger partial charge in [-0.1, -0.05) is 18.2 Å². The van der Waals surface area contributed by atoms with Crippen LogP contribution in [0.5, 0.6) is 0 Å². The van der Waals surface area contributed by atoms with E-state index in [1.165, 1.54) is 6.20 Å². The maximum Gasteiger partial charge on any atom is 0.199 e. The van der Waals surface area contributed by atoms with Gasteiger partial charge in [0.1, 0.15) is 5.15 Å². The summed E-state index contributed by atoms with van der Waals surface area (Å²) < 4.78 is 0. The van der Waals surface area contributed by atoms with Crippen molar-refractivity contribution < 1.29 is 0 Å². The molecule has 0 saturated carbocycles. The Labute approximate surface area is 98.8 Å². The number of rotatable bonds is 2. The van der Waals surface area contributed by atoms with Crippen LogP contribution in [-0.2, 0) is 12.8 Å². The normalized spacial score (nSPS) is 14.7. The first kappa shape index (κ1) is 11.0. The van der Waals surface area contributed by atoms with E-state index in [0.717, 1.165) is 30.5 Å². The Morgan fingerprint density at radius 2 is 2.19 bits per heavy atom. The fourth-order valence-electron chi connectivity index (χ4n) is 1.74. The molecule has 0 unspecified atom stereocenters. The van der Waals surface area contributed by atoms with Gasteiger partial charge in [0.2, 0.25) is 0 Å². The molecule has 16 heavy (non-hydrogen) atoms. The highest BCUT2D eigenvalue weighted by molar-refractivity contribution is 6.30. The molecule has 1 heterocycles. The van der Waals surface area contributed by atoms with Gasteiger partial charge in [0, 0.05) is 17.5 Å². The molecule has 0 N–H and O–H groups in total. The molecule has 0 atom stereocenters. The van der Waals surface area contributed by atoms with Gasteiger partial charge in [0.25, 0.3) is 0 Å². The van der Waals surface area contributed by atoms with Crippen LogP contribution < -0.4 is 0 Å². The second-order valence-electron chi connectivity index (χ2n) is 3.41. The molecule has 1 aromatic rings. The Bertz CT molecular complexity index is 479. The summed E-state index contributed by atoms with van der Waals surface area (Å²) in [5.41, 5.74) is 2.04. The van der Waals surface area contributed by atoms with E-state index >= 15 is 0 Å². The van der Waals surface area contributed by atoms with Gasteiger partial charge in [-0.25, -0.2) is 20.0 Å². The predicted octanol–water partition coefficient (Wildman–Crippen LogP) is 2.21. The van der Waals surface area contributed by atoms with Crippen LogP contribution in [0.3, 0.4) is 0 Å². The minimum atomic E-state index is 0.353. The van der Waals surface area contributed by atoms with Crippen LogP contribution in [0.2, 0.25) is 5.15 Å². The zero-order valence-corrected chi connectivity index (χ0v) is 9.54. The van der Waals surface area contributed by atoms with E-state index in [-0.39, 0.29) is 0 Å². The molecule has 82 valence electrons. The molecule has 1 aliphatic carbocycles. The SMILES string of the molecule is C=CN=C(N=C)c1nc(Cl)c2c(n1)CCC2. The molecule has 2 rings (SSSR count). The van der Waals surface area contributed by atoms with Gasteiger partial charge in [-0.15, -0.1) is 0 Å². The quantitative estimate of drug-likeness (QED) is 0.448. The lowest BCUT2D eigenvalue weighted by molar-refractivity contribution is 0.898. The lowest BCUT2D eigenvalue weighted by Gasteiger charge is -2.04. The fourth-order valence-corrected chi connectivity index (χ4v) is 2.03. The van der Waals surface area contributed by atoms with Crippen molar-refractivity contribution in [1.29, 1.82) is 0 Å². The van der Waals surface area contributed by atoms with E-state index in [9.17, 15) is 0 Å². The van der Waals surface area contributed by atoms with Crippen molar-refractivity contribution in [3.05, 3.63) is 35.0 Å². The summed E-state index contributed by atoms with van der Waals surface area (Å²) in [4.78, 5) is 16.3. The molecule has 0 saturated heterocycles. The van der Waals surface area contributed by atoms with Gasteiger partial charge in [0.15, 0.2) is 11.7 Å². The van der Waals surface area contributed by atoms with E-state index in [4.69, 9.17) is 11.6 Å². The van der Waals surface area contributed by atoms with Gasteiger partial charge in [0.05, 0.1) is 0 Å². The third kappa shape index (κ3) is 1.88. The summed E-state index contributed by atoms with van der Waals surface area (Å²) in [6.07, 6.45) is 4.34. The molecule has 0 radical (unpaired) electrons. The summed E-state index contributed by atoms with van der Waals surface area (Å²) in [6, 6.07) is 0. The molecule has 1 aromatic heterocycles. The first-order valence-electron chi connectivity index (χ1n) is 4.97. The first-order valence-corrected chi connectivity index (χ1v) is 5.35. The Morgan fingerprint density at radius 3 is 2.88 bits per heavy atom. The monoisotopic (exact) mass is 234 g/mol. The standard InChI is InChI=1S/C11H11ClN4/c1-3-14-10(13-2)11-15-8-6-4-5-7(8)9(12)16-11/h3H,1-2,4-6H2. The number of amidine groups is 1. The molecular formula is C11H11ClN4. The van der Waals surface area contributed by atoms with E-state index in [1.54, 1.807) is 0 Å². The number of fused-ring (bicyclic) bond motifs is 1. The number of aliphatic imine (C=N–C) groups is 2. The summed E-state index contributed by atoms with van der Waals surface area (Å²) in [6.45, 7) is 6.93. The largest absolute Gasteiger partial charge is 0.242 e. The molecule has 0 aliphatic heterocycles. The summed E-state index contributed by atoms with van der Waals surface area (Å²) in [5.74, 6) is 0.771. The van der Waals surface area contributed by atoms with Gasteiger partial charge >= 0.3 is 0 Å². The number of hydrogen-bond donors (Lipinski definition) is 0. The van der Waals surface area contributed by atoms with Gasteiger partial charge in [-0.05, 0) is 26.0 Å². The van der Waals surface area contributed by atoms with Gasteiger partial charge in [-0.3, -0.25) is 0 Å².